The first kappa shape index (κ1) is 26.6. The average Bonchev–Trinajstić information content (AvgIpc) is 3.34. The Hall–Kier alpha value is -4.05. The van der Waals surface area contributed by atoms with E-state index in [1.165, 1.54) is 11.8 Å². The molecule has 1 fully saturated rings. The minimum absolute atomic E-state index is 0.0164. The fourth-order valence-corrected chi connectivity index (χ4v) is 6.01. The number of para-hydroxylation sites is 1. The maximum absolute atomic E-state index is 13.7. The summed E-state index contributed by atoms with van der Waals surface area (Å²) in [5.41, 5.74) is 3.45. The number of rotatable bonds is 6. The van der Waals surface area contributed by atoms with Gasteiger partial charge in [-0.15, -0.1) is 0 Å². The highest BCUT2D eigenvalue weighted by Crippen LogP contribution is 2.45. The van der Waals surface area contributed by atoms with Gasteiger partial charge in [0, 0.05) is 44.5 Å². The molecule has 202 valence electrons. The number of carbonyl (C=O) groups is 3. The number of amides is 3. The molecule has 0 spiro atoms. The van der Waals surface area contributed by atoms with Crippen LogP contribution in [0, 0.1) is 0 Å². The van der Waals surface area contributed by atoms with Crippen LogP contribution in [0.15, 0.2) is 82.0 Å². The summed E-state index contributed by atoms with van der Waals surface area (Å²) < 4.78 is 5.50. The molecule has 0 bridgehead atoms. The quantitative estimate of drug-likeness (QED) is 0.590. The molecule has 0 unspecified atom stereocenters. The molecule has 3 amide bonds. The molecule has 0 aromatic heterocycles. The van der Waals surface area contributed by atoms with E-state index in [4.69, 9.17) is 9.73 Å². The molecule has 1 atom stereocenters. The molecule has 2 aromatic rings. The van der Waals surface area contributed by atoms with Crippen LogP contribution in [-0.2, 0) is 14.4 Å². The van der Waals surface area contributed by atoms with Gasteiger partial charge in [-0.2, -0.15) is 0 Å². The Morgan fingerprint density at radius 3 is 2.44 bits per heavy atom. The average molecular weight is 546 g/mol. The molecule has 3 aliphatic rings. The second kappa shape index (κ2) is 11.4. The third kappa shape index (κ3) is 5.56. The minimum atomic E-state index is -0.500. The number of anilines is 1. The number of hydrogen-bond acceptors (Lipinski definition) is 7. The van der Waals surface area contributed by atoms with E-state index in [-0.39, 0.29) is 24.1 Å². The Bertz CT molecular complexity index is 1380. The van der Waals surface area contributed by atoms with Crippen molar-refractivity contribution in [2.45, 2.75) is 26.3 Å². The van der Waals surface area contributed by atoms with Crippen LogP contribution in [0.3, 0.4) is 0 Å². The number of thioether (sulfide) groups is 1. The topological polar surface area (TPSA) is 94.5 Å². The Morgan fingerprint density at radius 2 is 1.74 bits per heavy atom. The molecule has 9 nitrogen and oxygen atoms in total. The number of amidine groups is 1. The Balaban J connectivity index is 1.45. The molecule has 3 aliphatic heterocycles. The lowest BCUT2D eigenvalue weighted by atomic mass is 9.93. The van der Waals surface area contributed by atoms with Crippen LogP contribution in [0.4, 0.5) is 5.69 Å². The van der Waals surface area contributed by atoms with Gasteiger partial charge in [0.1, 0.15) is 5.75 Å². The summed E-state index contributed by atoms with van der Waals surface area (Å²) in [4.78, 5) is 49.1. The van der Waals surface area contributed by atoms with Gasteiger partial charge in [-0.25, -0.2) is 4.99 Å². The largest absolute Gasteiger partial charge is 0.497 e. The molecule has 1 N–H and O–H groups in total. The van der Waals surface area contributed by atoms with Crippen molar-refractivity contribution < 1.29 is 19.1 Å². The molecule has 39 heavy (non-hydrogen) atoms. The number of allylic oxidation sites excluding steroid dienone is 1. The zero-order chi connectivity index (χ0) is 27.5. The van der Waals surface area contributed by atoms with Crippen molar-refractivity contribution in [3.05, 3.63) is 82.5 Å². The lowest BCUT2D eigenvalue weighted by Gasteiger charge is -2.38. The summed E-state index contributed by atoms with van der Waals surface area (Å²) >= 11 is 1.45. The van der Waals surface area contributed by atoms with Crippen LogP contribution in [0.25, 0.3) is 0 Å². The summed E-state index contributed by atoms with van der Waals surface area (Å²) in [6.07, 6.45) is 0.166. The summed E-state index contributed by atoms with van der Waals surface area (Å²) in [5.74, 6) is 0.430. The summed E-state index contributed by atoms with van der Waals surface area (Å²) in [5, 5.41) is 5.68. The number of nitrogens with one attached hydrogen (secondary N) is 1. The van der Waals surface area contributed by atoms with Crippen molar-refractivity contribution in [2.24, 2.45) is 4.99 Å². The van der Waals surface area contributed by atoms with Gasteiger partial charge >= 0.3 is 0 Å². The first-order valence-corrected chi connectivity index (χ1v) is 13.7. The molecular formula is C29H31N5O4S. The zero-order valence-electron chi connectivity index (χ0n) is 22.2. The third-order valence-electron chi connectivity index (χ3n) is 7.10. The van der Waals surface area contributed by atoms with E-state index >= 15 is 0 Å². The highest BCUT2D eigenvalue weighted by atomic mass is 32.2. The molecule has 5 rings (SSSR count). The summed E-state index contributed by atoms with van der Waals surface area (Å²) in [7, 11) is 1.61. The van der Waals surface area contributed by atoms with Gasteiger partial charge in [0.05, 0.1) is 30.8 Å². The van der Waals surface area contributed by atoms with E-state index < -0.39 is 6.04 Å². The fraction of sp³-hybridized carbons (Fsp3) is 0.310. The predicted octanol–water partition coefficient (Wildman–Crippen LogP) is 3.99. The maximum Gasteiger partial charge on any atom is 0.255 e. The van der Waals surface area contributed by atoms with E-state index in [0.717, 1.165) is 16.4 Å². The summed E-state index contributed by atoms with van der Waals surface area (Å²) in [6.45, 7) is 5.46. The van der Waals surface area contributed by atoms with Gasteiger partial charge in [-0.05, 0) is 42.2 Å². The van der Waals surface area contributed by atoms with Crippen molar-refractivity contribution in [2.75, 3.05) is 38.6 Å². The molecule has 3 heterocycles. The number of aliphatic imine (C=N–C) groups is 1. The van der Waals surface area contributed by atoms with Crippen LogP contribution in [0.1, 0.15) is 31.9 Å². The minimum Gasteiger partial charge on any atom is -0.497 e. The number of nitrogens with zero attached hydrogens (tertiary/aromatic N) is 4. The summed E-state index contributed by atoms with van der Waals surface area (Å²) in [6, 6.07) is 16.4. The number of fused-ring (bicyclic) bond motifs is 1. The SMILES string of the molecule is COc1cccc([C@@H]2C(C(=O)Nc3ccccc3)=C(C)N=C3SC=C(CC(=O)N4CCN(C(C)=O)CC4)N32)c1. The van der Waals surface area contributed by atoms with Crippen molar-refractivity contribution in [1.29, 1.82) is 0 Å². The van der Waals surface area contributed by atoms with Gasteiger partial charge < -0.3 is 24.8 Å². The van der Waals surface area contributed by atoms with E-state index in [1.807, 2.05) is 71.8 Å². The molecule has 0 aliphatic carbocycles. The molecule has 10 heteroatoms. The second-order valence-corrected chi connectivity index (χ2v) is 10.4. The number of piperazine rings is 1. The first-order chi connectivity index (χ1) is 18.9. The van der Waals surface area contributed by atoms with Crippen LogP contribution < -0.4 is 10.1 Å². The highest BCUT2D eigenvalue weighted by Gasteiger charge is 2.41. The van der Waals surface area contributed by atoms with Crippen LogP contribution in [-0.4, -0.2) is 70.9 Å². The zero-order valence-corrected chi connectivity index (χ0v) is 23.0. The first-order valence-electron chi connectivity index (χ1n) is 12.8. The molecule has 2 aromatic carbocycles. The van der Waals surface area contributed by atoms with E-state index in [9.17, 15) is 14.4 Å². The number of carbonyl (C=O) groups excluding carboxylic acids is 3. The van der Waals surface area contributed by atoms with Crippen LogP contribution >= 0.6 is 11.8 Å². The lowest BCUT2D eigenvalue weighted by Crippen LogP contribution is -2.50. The van der Waals surface area contributed by atoms with Crippen molar-refractivity contribution in [3.63, 3.8) is 0 Å². The maximum atomic E-state index is 13.7. The molecule has 1 saturated heterocycles. The molecule has 0 radical (unpaired) electrons. The lowest BCUT2D eigenvalue weighted by molar-refractivity contribution is -0.138. The van der Waals surface area contributed by atoms with Crippen molar-refractivity contribution in [3.8, 4) is 5.75 Å². The van der Waals surface area contributed by atoms with E-state index in [0.29, 0.717) is 48.9 Å². The van der Waals surface area contributed by atoms with Crippen LogP contribution in [0.2, 0.25) is 0 Å². The van der Waals surface area contributed by atoms with Gasteiger partial charge in [-0.1, -0.05) is 42.1 Å². The van der Waals surface area contributed by atoms with Gasteiger partial charge in [0.2, 0.25) is 11.8 Å². The number of ether oxygens (including phenoxy) is 1. The smallest absolute Gasteiger partial charge is 0.255 e. The predicted molar refractivity (Wildman–Crippen MR) is 152 cm³/mol. The van der Waals surface area contributed by atoms with Crippen molar-refractivity contribution in [1.82, 2.24) is 14.7 Å². The standard InChI is InChI=1S/C29H31N5O4S/c1-19-26(28(37)31-22-9-5-4-6-10-22)27(21-8-7-11-24(16-21)38-3)34-23(18-39-29(34)30-19)17-25(36)33-14-12-32(13-15-33)20(2)35/h4-11,16,18,27H,12-15,17H2,1-3H3,(H,31,37)/t27-/m1/s1. The molecule has 0 saturated carbocycles. The normalized spacial score (nSPS) is 18.8. The second-order valence-electron chi connectivity index (χ2n) is 9.55. The monoisotopic (exact) mass is 545 g/mol. The Kier molecular flexibility index (Phi) is 7.74. The highest BCUT2D eigenvalue weighted by molar-refractivity contribution is 8.16. The third-order valence-corrected chi connectivity index (χ3v) is 7.99. The molecular weight excluding hydrogens is 514 g/mol. The van der Waals surface area contributed by atoms with E-state index in [2.05, 4.69) is 5.32 Å². The Morgan fingerprint density at radius 1 is 1.03 bits per heavy atom. The number of methoxy groups -OCH3 is 1. The van der Waals surface area contributed by atoms with Crippen LogP contribution in [0.5, 0.6) is 5.75 Å². The number of benzene rings is 2. The van der Waals surface area contributed by atoms with Gasteiger partial charge in [-0.3, -0.25) is 14.4 Å². The van der Waals surface area contributed by atoms with Gasteiger partial charge in [0.25, 0.3) is 5.91 Å². The van der Waals surface area contributed by atoms with Crippen molar-refractivity contribution >= 4 is 40.3 Å². The van der Waals surface area contributed by atoms with Gasteiger partial charge in [0.15, 0.2) is 5.17 Å². The number of hydrogen-bond donors (Lipinski definition) is 1. The fourth-order valence-electron chi connectivity index (χ4n) is 5.04. The van der Waals surface area contributed by atoms with E-state index in [1.54, 1.807) is 23.8 Å². The Labute approximate surface area is 232 Å².